The Morgan fingerprint density at radius 3 is 2.45 bits per heavy atom. The van der Waals surface area contributed by atoms with Gasteiger partial charge in [-0.15, -0.1) is 0 Å². The van der Waals surface area contributed by atoms with E-state index in [4.69, 9.17) is 40.2 Å². The molecular formula is C20H15Cl2F3N4OS. The van der Waals surface area contributed by atoms with Crippen LogP contribution in [0.4, 0.5) is 13.2 Å². The van der Waals surface area contributed by atoms with Crippen molar-refractivity contribution in [3.05, 3.63) is 57.6 Å². The average Bonchev–Trinajstić information content (AvgIpc) is 3.04. The third kappa shape index (κ3) is 4.87. The number of nitrogens with one attached hydrogen (secondary N) is 1. The number of methoxy groups -OCH3 is 1. The summed E-state index contributed by atoms with van der Waals surface area (Å²) in [6.07, 6.45) is -4.45. The normalized spacial score (nSPS) is 13.5. The first-order chi connectivity index (χ1) is 14.5. The number of rotatable bonds is 5. The predicted octanol–water partition coefficient (Wildman–Crippen LogP) is 5.62. The smallest absolute Gasteiger partial charge is 0.416 e. The van der Waals surface area contributed by atoms with Gasteiger partial charge in [0, 0.05) is 10.6 Å². The van der Waals surface area contributed by atoms with E-state index in [1.807, 2.05) is 0 Å². The summed E-state index contributed by atoms with van der Waals surface area (Å²) >= 11 is 17.6. The minimum absolute atomic E-state index is 0.01000. The molecule has 11 heteroatoms. The molecule has 1 atom stereocenters. The van der Waals surface area contributed by atoms with Crippen molar-refractivity contribution in [2.24, 2.45) is 0 Å². The molecule has 0 aliphatic rings. The highest BCUT2D eigenvalue weighted by atomic mass is 35.5. The van der Waals surface area contributed by atoms with E-state index in [-0.39, 0.29) is 11.5 Å². The minimum atomic E-state index is -4.45. The third-order valence-electron chi connectivity index (χ3n) is 4.48. The van der Waals surface area contributed by atoms with E-state index >= 15 is 0 Å². The number of ether oxygens (including phenoxy) is 1. The van der Waals surface area contributed by atoms with Gasteiger partial charge in [-0.3, -0.25) is 0 Å². The van der Waals surface area contributed by atoms with E-state index < -0.39 is 17.3 Å². The first-order valence-corrected chi connectivity index (χ1v) is 9.94. The van der Waals surface area contributed by atoms with E-state index in [1.165, 1.54) is 23.9 Å². The Labute approximate surface area is 191 Å². The first-order valence-electron chi connectivity index (χ1n) is 8.78. The fourth-order valence-electron chi connectivity index (χ4n) is 2.99. The summed E-state index contributed by atoms with van der Waals surface area (Å²) in [6.45, 7) is 1.60. The highest BCUT2D eigenvalue weighted by molar-refractivity contribution is 7.80. The lowest BCUT2D eigenvalue weighted by atomic mass is 10.0. The second kappa shape index (κ2) is 8.54. The lowest BCUT2D eigenvalue weighted by molar-refractivity contribution is -0.137. The Morgan fingerprint density at radius 1 is 1.26 bits per heavy atom. The molecule has 162 valence electrons. The van der Waals surface area contributed by atoms with Crippen molar-refractivity contribution < 1.29 is 17.9 Å². The number of hydrogen-bond acceptors (Lipinski definition) is 4. The van der Waals surface area contributed by atoms with E-state index in [2.05, 4.69) is 16.5 Å². The Balaban J connectivity index is 1.88. The van der Waals surface area contributed by atoms with E-state index in [9.17, 15) is 18.4 Å². The van der Waals surface area contributed by atoms with Crippen LogP contribution in [0.5, 0.6) is 5.88 Å². The van der Waals surface area contributed by atoms with Crippen molar-refractivity contribution >= 4 is 51.3 Å². The van der Waals surface area contributed by atoms with E-state index in [0.29, 0.717) is 32.4 Å². The van der Waals surface area contributed by atoms with Crippen LogP contribution in [0.3, 0.4) is 0 Å². The molecule has 1 heterocycles. The van der Waals surface area contributed by atoms with Crippen molar-refractivity contribution in [2.45, 2.75) is 25.2 Å². The van der Waals surface area contributed by atoms with Crippen molar-refractivity contribution in [1.82, 2.24) is 15.1 Å². The maximum absolute atomic E-state index is 12.8. The number of fused-ring (bicyclic) bond motifs is 1. The largest absolute Gasteiger partial charge is 0.481 e. The second-order valence-corrected chi connectivity index (χ2v) is 8.18. The van der Waals surface area contributed by atoms with Gasteiger partial charge in [0.25, 0.3) is 0 Å². The van der Waals surface area contributed by atoms with Crippen molar-refractivity contribution in [3.63, 3.8) is 0 Å². The fourth-order valence-corrected chi connectivity index (χ4v) is 3.89. The monoisotopic (exact) mass is 486 g/mol. The van der Waals surface area contributed by atoms with Crippen LogP contribution < -0.4 is 10.1 Å². The van der Waals surface area contributed by atoms with Crippen molar-refractivity contribution in [1.29, 1.82) is 5.26 Å². The van der Waals surface area contributed by atoms with Gasteiger partial charge in [0.15, 0.2) is 0 Å². The zero-order valence-electron chi connectivity index (χ0n) is 16.2. The van der Waals surface area contributed by atoms with Gasteiger partial charge in [0.05, 0.1) is 35.7 Å². The molecule has 0 radical (unpaired) electrons. The first kappa shape index (κ1) is 23.1. The molecule has 0 spiro atoms. The van der Waals surface area contributed by atoms with Crippen LogP contribution in [0, 0.1) is 11.3 Å². The molecule has 0 amide bonds. The molecule has 0 saturated heterocycles. The Bertz CT molecular complexity index is 1190. The summed E-state index contributed by atoms with van der Waals surface area (Å²) in [6, 6.07) is 9.69. The zero-order valence-corrected chi connectivity index (χ0v) is 18.5. The quantitative estimate of drug-likeness (QED) is 0.474. The molecule has 0 aliphatic carbocycles. The summed E-state index contributed by atoms with van der Waals surface area (Å²) in [5.74, 6) is 0.350. The van der Waals surface area contributed by atoms with Crippen LogP contribution in [0.1, 0.15) is 18.1 Å². The second-order valence-electron chi connectivity index (χ2n) is 6.92. The number of aromatic nitrogens is 2. The van der Waals surface area contributed by atoms with Crippen LogP contribution in [0.25, 0.3) is 10.9 Å². The van der Waals surface area contributed by atoms with Crippen LogP contribution in [-0.2, 0) is 12.7 Å². The average molecular weight is 487 g/mol. The number of hydrogen-bond donors (Lipinski definition) is 1. The molecule has 1 unspecified atom stereocenters. The van der Waals surface area contributed by atoms with Crippen LogP contribution in [0.15, 0.2) is 36.4 Å². The Kier molecular flexibility index (Phi) is 6.37. The number of alkyl halides is 3. The molecule has 5 nitrogen and oxygen atoms in total. The van der Waals surface area contributed by atoms with Gasteiger partial charge in [-0.1, -0.05) is 47.6 Å². The fraction of sp³-hybridized carbons (Fsp3) is 0.250. The standard InChI is InChI=1S/C20H15Cl2F3N4OS/c1-19(9-26,27-17(31)11-3-5-12(6-4-11)20(23,24)25)10-29-18(30-2)14-7-13(21)8-15(22)16(14)28-29/h3-8H,10H2,1-2H3,(H,27,31). The topological polar surface area (TPSA) is 62.9 Å². The van der Waals surface area contributed by atoms with Gasteiger partial charge < -0.3 is 10.1 Å². The van der Waals surface area contributed by atoms with Crippen LogP contribution >= 0.6 is 35.4 Å². The van der Waals surface area contributed by atoms with Gasteiger partial charge >= 0.3 is 6.18 Å². The number of nitrogens with zero attached hydrogens (tertiary/aromatic N) is 3. The molecule has 1 N–H and O–H groups in total. The van der Waals surface area contributed by atoms with Gasteiger partial charge in [-0.2, -0.15) is 23.5 Å². The number of nitriles is 1. The SMILES string of the molecule is COc1c2cc(Cl)cc(Cl)c2nn1CC(C)(C#N)NC(=S)c1ccc(C(F)(F)F)cc1. The lowest BCUT2D eigenvalue weighted by Gasteiger charge is -2.25. The highest BCUT2D eigenvalue weighted by Gasteiger charge is 2.31. The summed E-state index contributed by atoms with van der Waals surface area (Å²) in [7, 11) is 1.45. The van der Waals surface area contributed by atoms with Crippen molar-refractivity contribution in [2.75, 3.05) is 7.11 Å². The summed E-state index contributed by atoms with van der Waals surface area (Å²) in [4.78, 5) is 0.120. The molecule has 0 saturated carbocycles. The molecule has 31 heavy (non-hydrogen) atoms. The lowest BCUT2D eigenvalue weighted by Crippen LogP contribution is -2.47. The molecule has 3 rings (SSSR count). The van der Waals surface area contributed by atoms with Gasteiger partial charge in [-0.25, -0.2) is 4.68 Å². The number of thiocarbonyl (C=S) groups is 1. The molecule has 0 fully saturated rings. The van der Waals surface area contributed by atoms with E-state index in [0.717, 1.165) is 12.1 Å². The summed E-state index contributed by atoms with van der Waals surface area (Å²) in [5, 5.41) is 18.4. The Hall–Kier alpha value is -2.54. The molecular weight excluding hydrogens is 472 g/mol. The molecule has 0 aliphatic heterocycles. The molecule has 2 aromatic carbocycles. The maximum Gasteiger partial charge on any atom is 0.416 e. The van der Waals surface area contributed by atoms with Gasteiger partial charge in [-0.05, 0) is 31.2 Å². The third-order valence-corrected chi connectivity index (χ3v) is 5.33. The number of benzene rings is 2. The van der Waals surface area contributed by atoms with E-state index in [1.54, 1.807) is 19.1 Å². The van der Waals surface area contributed by atoms with Crippen LogP contribution in [-0.4, -0.2) is 27.4 Å². The number of halogens is 5. The zero-order chi connectivity index (χ0) is 23.0. The summed E-state index contributed by atoms with van der Waals surface area (Å²) < 4.78 is 45.2. The molecule has 1 aromatic heterocycles. The minimum Gasteiger partial charge on any atom is -0.481 e. The predicted molar refractivity (Wildman–Crippen MR) is 117 cm³/mol. The molecule has 0 bridgehead atoms. The maximum atomic E-state index is 12.8. The van der Waals surface area contributed by atoms with Crippen molar-refractivity contribution in [3.8, 4) is 11.9 Å². The summed E-state index contributed by atoms with van der Waals surface area (Å²) in [5.41, 5.74) is -1.25. The Morgan fingerprint density at radius 2 is 1.90 bits per heavy atom. The molecule has 3 aromatic rings. The highest BCUT2D eigenvalue weighted by Crippen LogP contribution is 2.34. The van der Waals surface area contributed by atoms with Gasteiger partial charge in [0.1, 0.15) is 16.0 Å². The van der Waals surface area contributed by atoms with Gasteiger partial charge in [0.2, 0.25) is 5.88 Å². The van der Waals surface area contributed by atoms with Crippen LogP contribution in [0.2, 0.25) is 10.0 Å².